The normalized spacial score (nSPS) is 12.7. The maximum absolute atomic E-state index is 12.3. The van der Waals surface area contributed by atoms with Crippen molar-refractivity contribution in [2.75, 3.05) is 21.1 Å². The van der Waals surface area contributed by atoms with E-state index in [9.17, 15) is 13.2 Å². The number of aliphatic imine (C=N–C) groups is 1. The van der Waals surface area contributed by atoms with E-state index in [4.69, 9.17) is 0 Å². The second-order valence-corrected chi connectivity index (χ2v) is 4.36. The summed E-state index contributed by atoms with van der Waals surface area (Å²) in [7, 11) is 5.18. The van der Waals surface area contributed by atoms with Gasteiger partial charge in [0.1, 0.15) is 5.01 Å². The van der Waals surface area contributed by atoms with Crippen molar-refractivity contribution in [1.29, 1.82) is 0 Å². The number of aromatic nitrogens is 1. The van der Waals surface area contributed by atoms with Gasteiger partial charge in [-0.05, 0) is 0 Å². The van der Waals surface area contributed by atoms with Crippen LogP contribution in [-0.2, 0) is 12.7 Å². The van der Waals surface area contributed by atoms with Gasteiger partial charge in [-0.3, -0.25) is 4.99 Å². The van der Waals surface area contributed by atoms with Crippen molar-refractivity contribution >= 4 is 17.3 Å². The lowest BCUT2D eigenvalue weighted by Gasteiger charge is -2.15. The van der Waals surface area contributed by atoms with E-state index in [0.717, 1.165) is 16.7 Å². The molecule has 0 spiro atoms. The maximum Gasteiger partial charge on any atom is 0.434 e. The third-order valence-electron chi connectivity index (χ3n) is 1.88. The molecule has 0 unspecified atom stereocenters. The molecule has 0 aliphatic rings. The highest BCUT2D eigenvalue weighted by Gasteiger charge is 2.33. The molecule has 0 atom stereocenters. The molecule has 0 radical (unpaired) electrons. The van der Waals surface area contributed by atoms with Crippen LogP contribution in [0.5, 0.6) is 0 Å². The van der Waals surface area contributed by atoms with E-state index in [1.807, 2.05) is 0 Å². The first-order valence-electron chi connectivity index (χ1n) is 4.74. The molecule has 96 valence electrons. The average molecular weight is 266 g/mol. The van der Waals surface area contributed by atoms with Gasteiger partial charge in [-0.15, -0.1) is 11.3 Å². The van der Waals surface area contributed by atoms with Gasteiger partial charge < -0.3 is 10.2 Å². The number of thiazole rings is 1. The molecule has 0 amide bonds. The monoisotopic (exact) mass is 266 g/mol. The van der Waals surface area contributed by atoms with Crippen molar-refractivity contribution in [1.82, 2.24) is 15.2 Å². The number of halogens is 3. The zero-order valence-electron chi connectivity index (χ0n) is 9.67. The van der Waals surface area contributed by atoms with Crippen LogP contribution < -0.4 is 5.32 Å². The fraction of sp³-hybridized carbons (Fsp3) is 0.556. The van der Waals surface area contributed by atoms with Gasteiger partial charge >= 0.3 is 6.18 Å². The molecule has 0 saturated heterocycles. The molecule has 0 aliphatic carbocycles. The Bertz CT molecular complexity index is 397. The summed E-state index contributed by atoms with van der Waals surface area (Å²) in [5, 5.41) is 4.29. The molecule has 0 bridgehead atoms. The molecule has 1 heterocycles. The Labute approximate surface area is 101 Å². The summed E-state index contributed by atoms with van der Waals surface area (Å²) in [6.07, 6.45) is -4.38. The highest BCUT2D eigenvalue weighted by molar-refractivity contribution is 7.09. The lowest BCUT2D eigenvalue weighted by molar-refractivity contribution is -0.140. The Morgan fingerprint density at radius 1 is 1.53 bits per heavy atom. The van der Waals surface area contributed by atoms with E-state index in [0.29, 0.717) is 11.0 Å². The molecule has 1 N–H and O–H groups in total. The van der Waals surface area contributed by atoms with E-state index in [1.54, 1.807) is 26.0 Å². The van der Waals surface area contributed by atoms with Crippen LogP contribution in [0.2, 0.25) is 0 Å². The van der Waals surface area contributed by atoms with E-state index in [-0.39, 0.29) is 6.54 Å². The maximum atomic E-state index is 12.3. The van der Waals surface area contributed by atoms with Crippen LogP contribution in [0, 0.1) is 0 Å². The highest BCUT2D eigenvalue weighted by Crippen LogP contribution is 2.29. The third kappa shape index (κ3) is 3.88. The summed E-state index contributed by atoms with van der Waals surface area (Å²) in [5.41, 5.74) is -0.848. The smallest absolute Gasteiger partial charge is 0.350 e. The molecule has 4 nitrogen and oxygen atoms in total. The van der Waals surface area contributed by atoms with Gasteiger partial charge in [0.15, 0.2) is 11.7 Å². The zero-order valence-corrected chi connectivity index (χ0v) is 10.5. The number of hydrogen-bond donors (Lipinski definition) is 1. The van der Waals surface area contributed by atoms with Gasteiger partial charge in [-0.2, -0.15) is 13.2 Å². The number of guanidine groups is 1. The van der Waals surface area contributed by atoms with Crippen molar-refractivity contribution in [3.8, 4) is 0 Å². The minimum Gasteiger partial charge on any atom is -0.350 e. The summed E-state index contributed by atoms with van der Waals surface area (Å²) >= 11 is 0.973. The number of nitrogens with zero attached hydrogens (tertiary/aromatic N) is 3. The number of hydrogen-bond acceptors (Lipinski definition) is 3. The second-order valence-electron chi connectivity index (χ2n) is 3.42. The predicted molar refractivity (Wildman–Crippen MR) is 61.0 cm³/mol. The quantitative estimate of drug-likeness (QED) is 0.655. The number of rotatable bonds is 2. The molecule has 8 heteroatoms. The SMILES string of the molecule is CN=C(NCc1nc(C(F)(F)F)cs1)N(C)C. The van der Waals surface area contributed by atoms with Gasteiger partial charge in [0.05, 0.1) is 6.54 Å². The Morgan fingerprint density at radius 2 is 2.18 bits per heavy atom. The average Bonchev–Trinajstić information content (AvgIpc) is 2.66. The van der Waals surface area contributed by atoms with E-state index >= 15 is 0 Å². The first-order chi connectivity index (χ1) is 7.84. The van der Waals surface area contributed by atoms with Crippen LogP contribution in [0.4, 0.5) is 13.2 Å². The summed E-state index contributed by atoms with van der Waals surface area (Å²) in [6, 6.07) is 0. The van der Waals surface area contributed by atoms with Gasteiger partial charge in [0, 0.05) is 26.5 Å². The molecular weight excluding hydrogens is 253 g/mol. The van der Waals surface area contributed by atoms with E-state index < -0.39 is 11.9 Å². The van der Waals surface area contributed by atoms with Crippen molar-refractivity contribution in [2.45, 2.75) is 12.7 Å². The van der Waals surface area contributed by atoms with Crippen LogP contribution in [0.1, 0.15) is 10.7 Å². The fourth-order valence-electron chi connectivity index (χ4n) is 1.11. The Morgan fingerprint density at radius 3 is 2.59 bits per heavy atom. The topological polar surface area (TPSA) is 40.5 Å². The second kappa shape index (κ2) is 5.35. The Balaban J connectivity index is 2.62. The summed E-state index contributed by atoms with van der Waals surface area (Å²) < 4.78 is 36.9. The predicted octanol–water partition coefficient (Wildman–Crippen LogP) is 1.80. The summed E-state index contributed by atoms with van der Waals surface area (Å²) in [6.45, 7) is 0.228. The molecule has 1 aromatic rings. The molecule has 17 heavy (non-hydrogen) atoms. The molecule has 0 fully saturated rings. The molecule has 0 aliphatic heterocycles. The van der Waals surface area contributed by atoms with Gasteiger partial charge in [0.25, 0.3) is 0 Å². The summed E-state index contributed by atoms with van der Waals surface area (Å²) in [5.74, 6) is 0.591. The molecule has 1 aromatic heterocycles. The van der Waals surface area contributed by atoms with Crippen LogP contribution in [-0.4, -0.2) is 37.0 Å². The van der Waals surface area contributed by atoms with Gasteiger partial charge in [-0.25, -0.2) is 4.98 Å². The Hall–Kier alpha value is -1.31. The van der Waals surface area contributed by atoms with Crippen LogP contribution in [0.15, 0.2) is 10.4 Å². The zero-order chi connectivity index (χ0) is 13.1. The van der Waals surface area contributed by atoms with E-state index in [2.05, 4.69) is 15.3 Å². The lowest BCUT2D eigenvalue weighted by Crippen LogP contribution is -2.35. The minimum atomic E-state index is -4.38. The number of nitrogens with one attached hydrogen (secondary N) is 1. The van der Waals surface area contributed by atoms with Crippen LogP contribution in [0.3, 0.4) is 0 Å². The number of alkyl halides is 3. The molecular formula is C9H13F3N4S. The van der Waals surface area contributed by atoms with Gasteiger partial charge in [-0.1, -0.05) is 0 Å². The van der Waals surface area contributed by atoms with Crippen LogP contribution in [0.25, 0.3) is 0 Å². The van der Waals surface area contributed by atoms with Crippen LogP contribution >= 0.6 is 11.3 Å². The third-order valence-corrected chi connectivity index (χ3v) is 2.72. The van der Waals surface area contributed by atoms with Crippen molar-refractivity contribution in [3.05, 3.63) is 16.1 Å². The Kier molecular flexibility index (Phi) is 4.33. The van der Waals surface area contributed by atoms with E-state index in [1.165, 1.54) is 0 Å². The fourth-order valence-corrected chi connectivity index (χ4v) is 1.85. The van der Waals surface area contributed by atoms with Crippen molar-refractivity contribution in [3.63, 3.8) is 0 Å². The van der Waals surface area contributed by atoms with Gasteiger partial charge in [0.2, 0.25) is 0 Å². The standard InChI is InChI=1S/C9H13F3N4S/c1-13-8(16(2)3)14-4-7-15-6(5-17-7)9(10,11)12/h5H,4H2,1-3H3,(H,13,14). The highest BCUT2D eigenvalue weighted by atomic mass is 32.1. The van der Waals surface area contributed by atoms with Crippen molar-refractivity contribution in [2.24, 2.45) is 4.99 Å². The first kappa shape index (κ1) is 13.8. The van der Waals surface area contributed by atoms with Crippen molar-refractivity contribution < 1.29 is 13.2 Å². The first-order valence-corrected chi connectivity index (χ1v) is 5.62. The molecule has 1 rings (SSSR count). The summed E-state index contributed by atoms with van der Waals surface area (Å²) in [4.78, 5) is 9.18. The minimum absolute atomic E-state index is 0.228. The molecule has 0 saturated carbocycles. The molecule has 0 aromatic carbocycles. The lowest BCUT2D eigenvalue weighted by atomic mass is 10.5. The largest absolute Gasteiger partial charge is 0.434 e.